The van der Waals surface area contributed by atoms with Gasteiger partial charge in [-0.2, -0.15) is 0 Å². The molecule has 3 rings (SSSR count). The molecule has 0 aromatic heterocycles. The van der Waals surface area contributed by atoms with Crippen LogP contribution in [0, 0.1) is 0 Å². The van der Waals surface area contributed by atoms with Gasteiger partial charge in [0.2, 0.25) is 0 Å². The number of carbonyl (C=O) groups excluding carboxylic acids is 1. The molecule has 0 N–H and O–H groups in total. The van der Waals surface area contributed by atoms with Gasteiger partial charge in [0.05, 0.1) is 6.26 Å². The van der Waals surface area contributed by atoms with Gasteiger partial charge in [-0.25, -0.2) is 0 Å². The standard InChI is InChI=1S/C16H15OS.6ClH.Sb/c1-18-10-12-6-2-4-8-14(12)16(17)15-9-5-3-7-13(15)11-18;;;;;;;/h2-9H,10-11H2,1H3;6*1H;/q+1;;;;;;;+5/p-6. The van der Waals surface area contributed by atoms with E-state index in [9.17, 15) is 4.79 Å². The summed E-state index contributed by atoms with van der Waals surface area (Å²) < 4.78 is 0. The molecule has 25 heavy (non-hydrogen) atoms. The molecule has 0 spiro atoms. The van der Waals surface area contributed by atoms with Crippen molar-refractivity contribution in [2.45, 2.75) is 11.5 Å². The Balaban J connectivity index is 0.000000277. The van der Waals surface area contributed by atoms with Crippen molar-refractivity contribution in [3.8, 4) is 0 Å². The zero-order valence-electron chi connectivity index (χ0n) is 13.1. The van der Waals surface area contributed by atoms with E-state index in [1.807, 2.05) is 36.4 Å². The van der Waals surface area contributed by atoms with Gasteiger partial charge in [0.1, 0.15) is 11.5 Å². The second-order valence-corrected chi connectivity index (χ2v) is 64.7. The summed E-state index contributed by atoms with van der Waals surface area (Å²) >= 11 is 0. The third-order valence-electron chi connectivity index (χ3n) is 3.33. The van der Waals surface area contributed by atoms with Gasteiger partial charge in [-0.3, -0.25) is 4.79 Å². The number of rotatable bonds is 0. The molecule has 0 fully saturated rings. The van der Waals surface area contributed by atoms with E-state index in [2.05, 4.69) is 18.4 Å². The van der Waals surface area contributed by atoms with Crippen molar-refractivity contribution < 1.29 is 4.79 Å². The number of carbonyl (C=O) groups is 1. The Morgan fingerprint density at radius 1 is 0.760 bits per heavy atom. The second-order valence-electron chi connectivity index (χ2n) is 5.67. The third-order valence-corrected chi connectivity index (χ3v) is 4.94. The molecule has 1 nitrogen and oxygen atoms in total. The third kappa shape index (κ3) is 8.71. The van der Waals surface area contributed by atoms with E-state index in [1.54, 1.807) is 0 Å². The summed E-state index contributed by atoms with van der Waals surface area (Å²) in [5.41, 5.74) is 4.15. The van der Waals surface area contributed by atoms with E-state index < -0.39 is 9.14 Å². The topological polar surface area (TPSA) is 17.1 Å². The van der Waals surface area contributed by atoms with E-state index in [0.717, 1.165) is 22.6 Å². The van der Waals surface area contributed by atoms with Crippen LogP contribution in [0.1, 0.15) is 27.0 Å². The van der Waals surface area contributed by atoms with Crippen LogP contribution < -0.4 is 0 Å². The maximum atomic E-state index is 12.6. The van der Waals surface area contributed by atoms with Crippen molar-refractivity contribution in [3.05, 3.63) is 70.8 Å². The van der Waals surface area contributed by atoms with Crippen molar-refractivity contribution in [2.24, 2.45) is 0 Å². The van der Waals surface area contributed by atoms with Crippen LogP contribution in [0.15, 0.2) is 48.5 Å². The first kappa shape index (κ1) is 22.3. The van der Waals surface area contributed by atoms with E-state index in [0.29, 0.717) is 10.9 Å². The van der Waals surface area contributed by atoms with Crippen LogP contribution in [-0.2, 0) is 22.4 Å². The van der Waals surface area contributed by atoms with Crippen LogP contribution in [0.25, 0.3) is 0 Å². The first-order valence-electron chi connectivity index (χ1n) is 7.07. The molecule has 1 heterocycles. The molecule has 0 saturated carbocycles. The first-order valence-corrected chi connectivity index (χ1v) is 28.4. The van der Waals surface area contributed by atoms with Crippen LogP contribution in [0.2, 0.25) is 0 Å². The Labute approximate surface area is 170 Å². The van der Waals surface area contributed by atoms with E-state index in [4.69, 9.17) is 53.0 Å². The molecule has 1 aliphatic heterocycles. The van der Waals surface area contributed by atoms with Crippen LogP contribution >= 0.6 is 53.0 Å². The molecular formula is C16H15Cl6OSSb. The van der Waals surface area contributed by atoms with E-state index >= 15 is 0 Å². The molecule has 0 atom stereocenters. The summed E-state index contributed by atoms with van der Waals surface area (Å²) in [5.74, 6) is 2.20. The van der Waals surface area contributed by atoms with Crippen LogP contribution in [0.5, 0.6) is 0 Å². The molecule has 9 heteroatoms. The van der Waals surface area contributed by atoms with Gasteiger partial charge >= 0.3 is 62.1 Å². The van der Waals surface area contributed by atoms with Crippen LogP contribution in [0.4, 0.5) is 0 Å². The summed E-state index contributed by atoms with van der Waals surface area (Å²) in [6, 6.07) is 16.0. The van der Waals surface area contributed by atoms with Crippen molar-refractivity contribution in [1.29, 1.82) is 0 Å². The molecular weight excluding hydrogens is 575 g/mol. The fourth-order valence-electron chi connectivity index (χ4n) is 2.46. The number of fused-ring (bicyclic) bond motifs is 2. The molecule has 0 amide bonds. The Kier molecular flexibility index (Phi) is 6.65. The normalized spacial score (nSPS) is 17.6. The van der Waals surface area contributed by atoms with Gasteiger partial charge in [0.15, 0.2) is 5.78 Å². The van der Waals surface area contributed by atoms with Crippen LogP contribution in [0.3, 0.4) is 0 Å². The van der Waals surface area contributed by atoms with Gasteiger partial charge in [0, 0.05) is 22.3 Å². The second kappa shape index (κ2) is 7.45. The summed E-state index contributed by atoms with van der Waals surface area (Å²) in [4.78, 5) is 12.6. The summed E-state index contributed by atoms with van der Waals surface area (Å²) in [7, 11) is 25.3. The Hall–Kier alpha value is 1.02. The van der Waals surface area contributed by atoms with Crippen molar-refractivity contribution >= 4 is 78.8 Å². The minimum absolute atomic E-state index is 0.179. The molecule has 0 aliphatic carbocycles. The Morgan fingerprint density at radius 2 is 1.08 bits per heavy atom. The van der Waals surface area contributed by atoms with Gasteiger partial charge < -0.3 is 0 Å². The number of hydrogen-bond acceptors (Lipinski definition) is 1. The molecule has 1 aliphatic rings. The van der Waals surface area contributed by atoms with Crippen LogP contribution in [-0.4, -0.2) is 21.2 Å². The van der Waals surface area contributed by atoms with Gasteiger partial charge in [-0.15, -0.1) is 0 Å². The summed E-state index contributed by atoms with van der Waals surface area (Å²) in [6.07, 6.45) is 2.28. The predicted molar refractivity (Wildman–Crippen MR) is 118 cm³/mol. The first-order chi connectivity index (χ1) is 11.2. The molecule has 138 valence electrons. The molecule has 0 bridgehead atoms. The quantitative estimate of drug-likeness (QED) is 0.241. The van der Waals surface area contributed by atoms with Crippen molar-refractivity contribution in [2.75, 3.05) is 6.26 Å². The number of hydrogen-bond donors (Lipinski definition) is 0. The fraction of sp³-hybridized carbons (Fsp3) is 0.188. The summed E-state index contributed by atoms with van der Waals surface area (Å²) in [6.45, 7) is 0. The minimum atomic E-state index is -5.42. The number of halogens is 6. The van der Waals surface area contributed by atoms with Crippen molar-refractivity contribution in [3.63, 3.8) is 0 Å². The van der Waals surface area contributed by atoms with E-state index in [1.165, 1.54) is 11.1 Å². The maximum absolute atomic E-state index is 12.6. The molecule has 0 radical (unpaired) electrons. The molecule has 0 saturated heterocycles. The molecule has 0 unspecified atom stereocenters. The molecule has 2 aromatic carbocycles. The average Bonchev–Trinajstić information content (AvgIpc) is 2.43. The number of ketones is 1. The number of benzene rings is 2. The van der Waals surface area contributed by atoms with Gasteiger partial charge in [-0.05, 0) is 10.9 Å². The van der Waals surface area contributed by atoms with Gasteiger partial charge in [0.25, 0.3) is 0 Å². The SMILES string of the molecule is C[S+]1Cc2ccccc2C(=O)c2ccccc2C1.[Cl][Sb-]([Cl])([Cl])([Cl])([Cl])[Cl]. The fourth-order valence-corrected chi connectivity index (χ4v) is 4.13. The predicted octanol–water partition coefficient (Wildman–Crippen LogP) is 6.94. The van der Waals surface area contributed by atoms with Gasteiger partial charge in [-0.1, -0.05) is 48.5 Å². The summed E-state index contributed by atoms with van der Waals surface area (Å²) in [5, 5.41) is 0. The molecule has 2 aromatic rings. The Bertz CT molecular complexity index is 741. The van der Waals surface area contributed by atoms with E-state index in [-0.39, 0.29) is 5.78 Å². The monoisotopic (exact) mass is 586 g/mol. The van der Waals surface area contributed by atoms with Crippen molar-refractivity contribution in [1.82, 2.24) is 0 Å². The zero-order chi connectivity index (χ0) is 18.9. The average molecular weight is 590 g/mol. The zero-order valence-corrected chi connectivity index (χ0v) is 21.0. The Morgan fingerprint density at radius 3 is 1.44 bits per heavy atom.